The van der Waals surface area contributed by atoms with Crippen LogP contribution in [-0.2, 0) is 35.1 Å². The highest BCUT2D eigenvalue weighted by Gasteiger charge is 2.39. The summed E-state index contributed by atoms with van der Waals surface area (Å²) in [7, 11) is 0. The number of esters is 2. The second-order valence-corrected chi connectivity index (χ2v) is 9.79. The third-order valence-corrected chi connectivity index (χ3v) is 6.34. The molecule has 1 aromatic carbocycles. The zero-order valence-corrected chi connectivity index (χ0v) is 22.6. The number of halogens is 1. The maximum absolute atomic E-state index is 14.7. The van der Waals surface area contributed by atoms with Crippen molar-refractivity contribution in [3.8, 4) is 0 Å². The van der Waals surface area contributed by atoms with Crippen LogP contribution >= 0.6 is 0 Å². The molecule has 1 saturated heterocycles. The maximum atomic E-state index is 14.7. The summed E-state index contributed by atoms with van der Waals surface area (Å²) < 4.78 is 37.3. The van der Waals surface area contributed by atoms with Crippen molar-refractivity contribution in [2.75, 3.05) is 12.3 Å². The van der Waals surface area contributed by atoms with Gasteiger partial charge >= 0.3 is 18.0 Å². The number of nitrogens with one attached hydrogen (secondary N) is 2. The Morgan fingerprint density at radius 3 is 2.63 bits per heavy atom. The summed E-state index contributed by atoms with van der Waals surface area (Å²) in [4.78, 5) is 59.8. The number of nitrogens with two attached hydrogens (primary N) is 1. The number of amides is 1. The zero-order chi connectivity index (χ0) is 29.7. The molecule has 4 rings (SSSR count). The van der Waals surface area contributed by atoms with Crippen LogP contribution in [0.2, 0.25) is 0 Å². The Morgan fingerprint density at radius 1 is 1.20 bits per heavy atom. The molecule has 1 aliphatic heterocycles. The fourth-order valence-electron chi connectivity index (χ4n) is 4.13. The molecule has 220 valence electrons. The molecule has 1 unspecified atom stereocenters. The topological polar surface area (TPSA) is 190 Å². The van der Waals surface area contributed by atoms with Crippen LogP contribution in [0.4, 0.5) is 15.1 Å². The van der Waals surface area contributed by atoms with Gasteiger partial charge in [0, 0.05) is 6.42 Å². The number of anilines is 1. The number of H-pyrrole nitrogens is 1. The maximum Gasteiger partial charge on any atom is 0.408 e. The summed E-state index contributed by atoms with van der Waals surface area (Å²) in [5.41, 5.74) is 5.96. The summed E-state index contributed by atoms with van der Waals surface area (Å²) in [5.74, 6) is -2.31. The van der Waals surface area contributed by atoms with Crippen LogP contribution in [0.15, 0.2) is 41.5 Å². The van der Waals surface area contributed by atoms with Crippen molar-refractivity contribution in [3.63, 3.8) is 0 Å². The van der Waals surface area contributed by atoms with Gasteiger partial charge in [-0.05, 0) is 18.4 Å². The number of hydrogen-bond donors (Lipinski definition) is 3. The van der Waals surface area contributed by atoms with E-state index < -0.39 is 60.8 Å². The highest BCUT2D eigenvalue weighted by atomic mass is 19.1. The van der Waals surface area contributed by atoms with Crippen LogP contribution in [0, 0.1) is 5.92 Å². The summed E-state index contributed by atoms with van der Waals surface area (Å²) in [6, 6.07) is 7.90. The van der Waals surface area contributed by atoms with Gasteiger partial charge in [0.15, 0.2) is 17.3 Å². The first-order valence-electron chi connectivity index (χ1n) is 12.9. The highest BCUT2D eigenvalue weighted by molar-refractivity contribution is 5.84. The van der Waals surface area contributed by atoms with Crippen LogP contribution in [0.5, 0.6) is 0 Å². The third kappa shape index (κ3) is 7.16. The normalized spacial score (nSPS) is 20.0. The molecule has 3 aromatic rings. The van der Waals surface area contributed by atoms with Crippen molar-refractivity contribution in [1.82, 2.24) is 24.8 Å². The molecule has 0 saturated carbocycles. The molecule has 1 aliphatic rings. The number of carbonyl (C=O) groups is 3. The number of fused-ring (bicyclic) bond motifs is 1. The fourth-order valence-corrected chi connectivity index (χ4v) is 4.13. The van der Waals surface area contributed by atoms with Crippen LogP contribution < -0.4 is 16.6 Å². The molecule has 1 amide bonds. The van der Waals surface area contributed by atoms with E-state index in [1.807, 2.05) is 6.07 Å². The van der Waals surface area contributed by atoms with E-state index in [-0.39, 0.29) is 36.1 Å². The minimum absolute atomic E-state index is 0.00878. The number of aromatic amines is 1. The van der Waals surface area contributed by atoms with Gasteiger partial charge in [-0.1, -0.05) is 44.2 Å². The Labute approximate surface area is 233 Å². The van der Waals surface area contributed by atoms with Gasteiger partial charge in [0.05, 0.1) is 6.33 Å². The number of aromatic nitrogens is 4. The molecular weight excluding hydrogens is 543 g/mol. The number of hydrogen-bond acceptors (Lipinski definition) is 11. The second-order valence-electron chi connectivity index (χ2n) is 9.79. The lowest BCUT2D eigenvalue weighted by molar-refractivity contribution is -0.171. The van der Waals surface area contributed by atoms with Gasteiger partial charge in [0.1, 0.15) is 37.8 Å². The van der Waals surface area contributed by atoms with E-state index in [2.05, 4.69) is 20.3 Å². The lowest BCUT2D eigenvalue weighted by atomic mass is 10.1. The van der Waals surface area contributed by atoms with Crippen molar-refractivity contribution < 1.29 is 37.7 Å². The largest absolute Gasteiger partial charge is 0.460 e. The first-order chi connectivity index (χ1) is 19.5. The van der Waals surface area contributed by atoms with Gasteiger partial charge in [-0.2, -0.15) is 4.98 Å². The quantitative estimate of drug-likeness (QED) is 0.236. The van der Waals surface area contributed by atoms with E-state index in [0.29, 0.717) is 0 Å². The van der Waals surface area contributed by atoms with Crippen LogP contribution in [0.3, 0.4) is 0 Å². The number of imidazole rings is 1. The molecule has 0 aliphatic carbocycles. The number of nitrogen functional groups attached to an aromatic ring is 1. The van der Waals surface area contributed by atoms with Crippen LogP contribution in [-0.4, -0.2) is 68.6 Å². The zero-order valence-electron chi connectivity index (χ0n) is 22.6. The van der Waals surface area contributed by atoms with Gasteiger partial charge in [0.2, 0.25) is 5.95 Å². The second kappa shape index (κ2) is 12.8. The van der Waals surface area contributed by atoms with E-state index >= 15 is 0 Å². The van der Waals surface area contributed by atoms with Gasteiger partial charge < -0.3 is 30.0 Å². The molecule has 1 fully saturated rings. The van der Waals surface area contributed by atoms with Gasteiger partial charge in [-0.15, -0.1) is 0 Å². The van der Waals surface area contributed by atoms with E-state index in [1.54, 1.807) is 38.1 Å². The summed E-state index contributed by atoms with van der Waals surface area (Å²) >= 11 is 0. The fraction of sp³-hybridized carbons (Fsp3) is 0.462. The van der Waals surface area contributed by atoms with Crippen molar-refractivity contribution in [1.29, 1.82) is 0 Å². The summed E-state index contributed by atoms with van der Waals surface area (Å²) in [6.45, 7) is 4.21. The van der Waals surface area contributed by atoms with Gasteiger partial charge in [0.25, 0.3) is 5.56 Å². The Morgan fingerprint density at radius 2 is 1.93 bits per heavy atom. The molecule has 41 heavy (non-hydrogen) atoms. The molecule has 3 heterocycles. The SMILES string of the molecule is CC(OC(=O)[C@@H](NC(=O)OCc1ccccc1)C(C)C)C(=O)OC[C@H]1O[C@@H](n2cnc3c(=O)[nH]c(N)nc32)C[C@@H]1F. The molecule has 2 aromatic heterocycles. The number of carbonyl (C=O) groups excluding carboxylic acids is 3. The van der Waals surface area contributed by atoms with Crippen LogP contribution in [0.25, 0.3) is 11.2 Å². The standard InChI is InChI=1S/C26H31FN6O8/c1-13(2)19(30-26(37)39-10-15-7-5-4-6-8-15)24(36)40-14(3)23(35)38-11-17-16(27)9-18(41-17)33-12-29-20-21(33)31-25(28)32-22(20)34/h4-8,12-14,16-19H,9-11H2,1-3H3,(H,30,37)(H3,28,31,32,34)/t14?,16-,17+,18+,19-/m0/s1. The van der Waals surface area contributed by atoms with E-state index in [1.165, 1.54) is 17.8 Å². The number of alkyl halides is 1. The molecule has 0 bridgehead atoms. The van der Waals surface area contributed by atoms with Crippen molar-refractivity contribution >= 4 is 35.1 Å². The highest BCUT2D eigenvalue weighted by Crippen LogP contribution is 2.32. The van der Waals surface area contributed by atoms with Crippen molar-refractivity contribution in [3.05, 3.63) is 52.6 Å². The molecule has 0 radical (unpaired) electrons. The first-order valence-corrected chi connectivity index (χ1v) is 12.9. The Bertz CT molecular complexity index is 1440. The predicted molar refractivity (Wildman–Crippen MR) is 141 cm³/mol. The summed E-state index contributed by atoms with van der Waals surface area (Å²) in [6.07, 6.45) is -4.52. The number of rotatable bonds is 10. The molecular formula is C26H31FN6O8. The number of nitrogens with zero attached hydrogens (tertiary/aromatic N) is 3. The number of benzene rings is 1. The Hall–Kier alpha value is -4.53. The lowest BCUT2D eigenvalue weighted by Crippen LogP contribution is -2.47. The first kappa shape index (κ1) is 29.5. The average molecular weight is 575 g/mol. The van der Waals surface area contributed by atoms with E-state index in [4.69, 9.17) is 24.7 Å². The Balaban J connectivity index is 1.27. The van der Waals surface area contributed by atoms with Gasteiger partial charge in [-0.25, -0.2) is 23.8 Å². The van der Waals surface area contributed by atoms with Crippen molar-refractivity contribution in [2.45, 2.75) is 64.4 Å². The average Bonchev–Trinajstić information content (AvgIpc) is 3.52. The predicted octanol–water partition coefficient (Wildman–Crippen LogP) is 1.75. The lowest BCUT2D eigenvalue weighted by Gasteiger charge is -2.22. The van der Waals surface area contributed by atoms with E-state index in [0.717, 1.165) is 5.56 Å². The molecule has 4 N–H and O–H groups in total. The van der Waals surface area contributed by atoms with E-state index in [9.17, 15) is 23.6 Å². The third-order valence-electron chi connectivity index (χ3n) is 6.34. The minimum atomic E-state index is -1.51. The molecule has 14 nitrogen and oxygen atoms in total. The monoisotopic (exact) mass is 574 g/mol. The molecule has 15 heteroatoms. The Kier molecular flexibility index (Phi) is 9.17. The van der Waals surface area contributed by atoms with Crippen LogP contribution in [0.1, 0.15) is 39.0 Å². The molecule has 0 spiro atoms. The minimum Gasteiger partial charge on any atom is -0.460 e. The van der Waals surface area contributed by atoms with Gasteiger partial charge in [-0.3, -0.25) is 14.3 Å². The number of alkyl carbamates (subject to hydrolysis) is 1. The molecule has 5 atom stereocenters. The van der Waals surface area contributed by atoms with Crippen molar-refractivity contribution in [2.24, 2.45) is 5.92 Å². The number of ether oxygens (including phenoxy) is 4. The smallest absolute Gasteiger partial charge is 0.408 e. The summed E-state index contributed by atoms with van der Waals surface area (Å²) in [5, 5.41) is 2.45.